The molecule has 1 amide bonds. The van der Waals surface area contributed by atoms with E-state index < -0.39 is 0 Å². The van der Waals surface area contributed by atoms with E-state index in [0.717, 1.165) is 28.3 Å². The number of hydrogen-bond acceptors (Lipinski definition) is 6. The Kier molecular flexibility index (Phi) is 7.60. The van der Waals surface area contributed by atoms with Crippen LogP contribution >= 0.6 is 0 Å². The minimum atomic E-state index is -0.0182. The summed E-state index contributed by atoms with van der Waals surface area (Å²) in [6.45, 7) is 0.730. The summed E-state index contributed by atoms with van der Waals surface area (Å²) in [5, 5.41) is 11.1. The highest BCUT2D eigenvalue weighted by Crippen LogP contribution is 2.21. The van der Waals surface area contributed by atoms with Crippen molar-refractivity contribution in [2.45, 2.75) is 12.8 Å². The van der Waals surface area contributed by atoms with Crippen molar-refractivity contribution < 1.29 is 19.0 Å². The van der Waals surface area contributed by atoms with Crippen LogP contribution < -0.4 is 19.5 Å². The predicted octanol–water partition coefficient (Wildman–Crippen LogP) is 3.29. The number of carbonyl (C=O) groups excluding carboxylic acids is 1. The Morgan fingerprint density at radius 1 is 0.867 bits per heavy atom. The monoisotopic (exact) mass is 407 g/mol. The predicted molar refractivity (Wildman–Crippen MR) is 114 cm³/mol. The summed E-state index contributed by atoms with van der Waals surface area (Å²) in [5.41, 5.74) is 2.78. The van der Waals surface area contributed by atoms with Crippen LogP contribution in [-0.2, 0) is 11.2 Å². The first-order chi connectivity index (χ1) is 14.7. The van der Waals surface area contributed by atoms with Gasteiger partial charge in [-0.15, -0.1) is 10.2 Å². The molecular formula is C23H25N3O4. The SMILES string of the molecule is COc1ccc(CCC(=O)NCCOc2ccc(-c3ccc(OC)cc3)nn2)cc1. The Hall–Kier alpha value is -3.61. The van der Waals surface area contributed by atoms with Crippen molar-refractivity contribution in [1.82, 2.24) is 15.5 Å². The van der Waals surface area contributed by atoms with E-state index in [9.17, 15) is 4.79 Å². The van der Waals surface area contributed by atoms with Gasteiger partial charge in [0.25, 0.3) is 0 Å². The van der Waals surface area contributed by atoms with Crippen molar-refractivity contribution in [2.75, 3.05) is 27.4 Å². The highest BCUT2D eigenvalue weighted by molar-refractivity contribution is 5.76. The maximum atomic E-state index is 12.0. The number of amides is 1. The second-order valence-corrected chi connectivity index (χ2v) is 6.53. The molecule has 0 saturated heterocycles. The van der Waals surface area contributed by atoms with Crippen LogP contribution in [0.2, 0.25) is 0 Å². The first kappa shape index (κ1) is 21.1. The van der Waals surface area contributed by atoms with E-state index in [1.807, 2.05) is 54.6 Å². The van der Waals surface area contributed by atoms with Crippen LogP contribution in [-0.4, -0.2) is 43.5 Å². The molecule has 7 nitrogen and oxygen atoms in total. The molecule has 0 spiro atoms. The smallest absolute Gasteiger partial charge is 0.233 e. The number of nitrogens with one attached hydrogen (secondary N) is 1. The van der Waals surface area contributed by atoms with Crippen molar-refractivity contribution >= 4 is 5.91 Å². The van der Waals surface area contributed by atoms with Gasteiger partial charge in [-0.25, -0.2) is 0 Å². The molecule has 7 heteroatoms. The highest BCUT2D eigenvalue weighted by Gasteiger charge is 2.05. The topological polar surface area (TPSA) is 82.6 Å². The molecule has 0 aliphatic carbocycles. The molecule has 2 aromatic carbocycles. The van der Waals surface area contributed by atoms with Crippen LogP contribution in [0.25, 0.3) is 11.3 Å². The number of rotatable bonds is 10. The van der Waals surface area contributed by atoms with Crippen molar-refractivity contribution in [3.8, 4) is 28.6 Å². The number of ether oxygens (including phenoxy) is 3. The van der Waals surface area contributed by atoms with Crippen molar-refractivity contribution in [2.24, 2.45) is 0 Å². The van der Waals surface area contributed by atoms with Crippen molar-refractivity contribution in [3.05, 3.63) is 66.2 Å². The lowest BCUT2D eigenvalue weighted by atomic mass is 10.1. The van der Waals surface area contributed by atoms with E-state index in [1.165, 1.54) is 0 Å². The molecule has 1 aromatic heterocycles. The van der Waals surface area contributed by atoms with Gasteiger partial charge in [0, 0.05) is 18.1 Å². The minimum Gasteiger partial charge on any atom is -0.497 e. The van der Waals surface area contributed by atoms with E-state index in [0.29, 0.717) is 31.9 Å². The van der Waals surface area contributed by atoms with Gasteiger partial charge in [-0.1, -0.05) is 12.1 Å². The third-order valence-corrected chi connectivity index (χ3v) is 4.50. The Balaban J connectivity index is 1.36. The molecule has 0 aliphatic rings. The maximum absolute atomic E-state index is 12.0. The van der Waals surface area contributed by atoms with E-state index >= 15 is 0 Å². The number of methoxy groups -OCH3 is 2. The van der Waals surface area contributed by atoms with Crippen molar-refractivity contribution in [3.63, 3.8) is 0 Å². The van der Waals surface area contributed by atoms with Gasteiger partial charge in [0.2, 0.25) is 11.8 Å². The summed E-state index contributed by atoms with van der Waals surface area (Å²) >= 11 is 0. The molecule has 0 unspecified atom stereocenters. The summed E-state index contributed by atoms with van der Waals surface area (Å²) < 4.78 is 15.8. The Morgan fingerprint density at radius 2 is 1.53 bits per heavy atom. The molecule has 30 heavy (non-hydrogen) atoms. The fourth-order valence-corrected chi connectivity index (χ4v) is 2.80. The molecule has 0 fully saturated rings. The average molecular weight is 407 g/mol. The number of nitrogens with zero attached hydrogens (tertiary/aromatic N) is 2. The maximum Gasteiger partial charge on any atom is 0.233 e. The largest absolute Gasteiger partial charge is 0.497 e. The summed E-state index contributed by atoms with van der Waals surface area (Å²) in [6, 6.07) is 18.9. The zero-order valence-electron chi connectivity index (χ0n) is 17.1. The zero-order valence-corrected chi connectivity index (χ0v) is 17.1. The average Bonchev–Trinajstić information content (AvgIpc) is 2.81. The summed E-state index contributed by atoms with van der Waals surface area (Å²) in [6.07, 6.45) is 1.09. The van der Waals surface area contributed by atoms with Crippen LogP contribution in [0.4, 0.5) is 0 Å². The number of aryl methyl sites for hydroxylation is 1. The minimum absolute atomic E-state index is 0.0182. The molecule has 0 atom stereocenters. The fraction of sp³-hybridized carbons (Fsp3) is 0.261. The van der Waals surface area contributed by atoms with E-state index in [1.54, 1.807) is 20.3 Å². The van der Waals surface area contributed by atoms with Crippen LogP contribution in [0.15, 0.2) is 60.7 Å². The zero-order chi connectivity index (χ0) is 21.2. The number of aromatic nitrogens is 2. The van der Waals surface area contributed by atoms with Crippen LogP contribution in [0, 0.1) is 0 Å². The summed E-state index contributed by atoms with van der Waals surface area (Å²) in [5.74, 6) is 1.99. The number of carbonyl (C=O) groups is 1. The number of hydrogen-bond donors (Lipinski definition) is 1. The van der Waals surface area contributed by atoms with Gasteiger partial charge < -0.3 is 19.5 Å². The third kappa shape index (κ3) is 6.20. The molecular weight excluding hydrogens is 382 g/mol. The summed E-state index contributed by atoms with van der Waals surface area (Å²) in [7, 11) is 3.26. The molecule has 0 radical (unpaired) electrons. The van der Waals surface area contributed by atoms with E-state index in [4.69, 9.17) is 14.2 Å². The normalized spacial score (nSPS) is 10.3. The molecule has 1 heterocycles. The van der Waals surface area contributed by atoms with Crippen LogP contribution in [0.3, 0.4) is 0 Å². The van der Waals surface area contributed by atoms with Gasteiger partial charge in [0.1, 0.15) is 18.1 Å². The van der Waals surface area contributed by atoms with E-state index in [2.05, 4.69) is 15.5 Å². The molecule has 3 aromatic rings. The molecule has 156 valence electrons. The molecule has 0 saturated carbocycles. The Labute approximate surface area is 176 Å². The van der Waals surface area contributed by atoms with Gasteiger partial charge in [-0.05, 0) is 54.4 Å². The van der Waals surface area contributed by atoms with Gasteiger partial charge in [0.05, 0.1) is 26.5 Å². The van der Waals surface area contributed by atoms with Gasteiger partial charge in [0.15, 0.2) is 0 Å². The quantitative estimate of drug-likeness (QED) is 0.520. The van der Waals surface area contributed by atoms with Crippen LogP contribution in [0.5, 0.6) is 17.4 Å². The second-order valence-electron chi connectivity index (χ2n) is 6.53. The standard InChI is InChI=1S/C23H25N3O4/c1-28-19-8-3-17(4-9-19)5-13-22(27)24-15-16-30-23-14-12-21(25-26-23)18-6-10-20(29-2)11-7-18/h3-4,6-12,14H,5,13,15-16H2,1-2H3,(H,24,27). The van der Waals surface area contributed by atoms with Gasteiger partial charge in [-0.2, -0.15) is 0 Å². The molecule has 0 aliphatic heterocycles. The number of benzene rings is 2. The first-order valence-electron chi connectivity index (χ1n) is 9.68. The van der Waals surface area contributed by atoms with Gasteiger partial charge >= 0.3 is 0 Å². The van der Waals surface area contributed by atoms with Crippen LogP contribution in [0.1, 0.15) is 12.0 Å². The fourth-order valence-electron chi connectivity index (χ4n) is 2.80. The Morgan fingerprint density at radius 3 is 2.13 bits per heavy atom. The first-order valence-corrected chi connectivity index (χ1v) is 9.68. The Bertz CT molecular complexity index is 926. The molecule has 1 N–H and O–H groups in total. The summed E-state index contributed by atoms with van der Waals surface area (Å²) in [4.78, 5) is 12.0. The lowest BCUT2D eigenvalue weighted by molar-refractivity contribution is -0.121. The van der Waals surface area contributed by atoms with Gasteiger partial charge in [-0.3, -0.25) is 4.79 Å². The molecule has 3 rings (SSSR count). The lowest BCUT2D eigenvalue weighted by Crippen LogP contribution is -2.28. The second kappa shape index (κ2) is 10.8. The molecule has 0 bridgehead atoms. The van der Waals surface area contributed by atoms with Crippen molar-refractivity contribution in [1.29, 1.82) is 0 Å². The van der Waals surface area contributed by atoms with E-state index in [-0.39, 0.29) is 5.91 Å². The lowest BCUT2D eigenvalue weighted by Gasteiger charge is -2.08. The highest BCUT2D eigenvalue weighted by atomic mass is 16.5. The third-order valence-electron chi connectivity index (χ3n) is 4.50.